The molecule has 0 radical (unpaired) electrons. The first-order valence-electron chi connectivity index (χ1n) is 5.10. The minimum absolute atomic E-state index is 0.0944. The van der Waals surface area contributed by atoms with Crippen molar-refractivity contribution >= 4 is 43.3 Å². The van der Waals surface area contributed by atoms with Crippen LogP contribution in [-0.2, 0) is 0 Å². The first kappa shape index (κ1) is 12.4. The molecule has 1 aromatic heterocycles. The molecule has 0 bridgehead atoms. The highest BCUT2D eigenvalue weighted by atomic mass is 79.9. The van der Waals surface area contributed by atoms with Gasteiger partial charge in [-0.3, -0.25) is 0 Å². The lowest BCUT2D eigenvalue weighted by atomic mass is 10.2. The van der Waals surface area contributed by atoms with Crippen molar-refractivity contribution in [1.29, 1.82) is 0 Å². The Morgan fingerprint density at radius 3 is 2.71 bits per heavy atom. The Balaban J connectivity index is 2.53. The van der Waals surface area contributed by atoms with Crippen LogP contribution in [0.25, 0.3) is 10.1 Å². The second-order valence-corrected chi connectivity index (χ2v) is 5.81. The second-order valence-electron chi connectivity index (χ2n) is 3.91. The summed E-state index contributed by atoms with van der Waals surface area (Å²) in [6.45, 7) is 3.91. The van der Waals surface area contributed by atoms with Crippen LogP contribution in [0.15, 0.2) is 22.7 Å². The maximum absolute atomic E-state index is 10.9. The van der Waals surface area contributed by atoms with E-state index in [2.05, 4.69) is 15.9 Å². The maximum Gasteiger partial charge on any atom is 0.345 e. The molecule has 2 aromatic rings. The van der Waals surface area contributed by atoms with E-state index in [4.69, 9.17) is 9.84 Å². The van der Waals surface area contributed by atoms with Crippen LogP contribution in [0, 0.1) is 0 Å². The Hall–Kier alpha value is -1.07. The molecule has 1 aromatic carbocycles. The summed E-state index contributed by atoms with van der Waals surface area (Å²) in [6, 6.07) is 5.40. The van der Waals surface area contributed by atoms with E-state index >= 15 is 0 Å². The third-order valence-corrected chi connectivity index (χ3v) is 4.19. The van der Waals surface area contributed by atoms with E-state index in [1.54, 1.807) is 6.07 Å². The fraction of sp³-hybridized carbons (Fsp3) is 0.250. The lowest BCUT2D eigenvalue weighted by Crippen LogP contribution is -2.05. The zero-order chi connectivity index (χ0) is 12.6. The molecule has 0 fully saturated rings. The molecule has 1 N–H and O–H groups in total. The van der Waals surface area contributed by atoms with Gasteiger partial charge in [0.1, 0.15) is 10.6 Å². The van der Waals surface area contributed by atoms with Crippen molar-refractivity contribution in [3.05, 3.63) is 27.5 Å². The van der Waals surface area contributed by atoms with Gasteiger partial charge in [-0.2, -0.15) is 0 Å². The van der Waals surface area contributed by atoms with E-state index in [0.717, 1.165) is 20.3 Å². The number of rotatable bonds is 3. The number of aromatic carboxylic acids is 1. The normalized spacial score (nSPS) is 11.1. The number of carboxylic acids is 1. The summed E-state index contributed by atoms with van der Waals surface area (Å²) < 4.78 is 7.39. The van der Waals surface area contributed by atoms with Crippen molar-refractivity contribution in [3.8, 4) is 5.75 Å². The van der Waals surface area contributed by atoms with Crippen molar-refractivity contribution in [2.45, 2.75) is 20.0 Å². The van der Waals surface area contributed by atoms with Crippen LogP contribution in [0.1, 0.15) is 23.5 Å². The highest BCUT2D eigenvalue weighted by molar-refractivity contribution is 9.10. The predicted octanol–water partition coefficient (Wildman–Crippen LogP) is 4.15. The largest absolute Gasteiger partial charge is 0.491 e. The Bertz CT molecular complexity index is 574. The molecule has 0 aliphatic heterocycles. The smallest absolute Gasteiger partial charge is 0.345 e. The molecular formula is C12H11BrO3S. The monoisotopic (exact) mass is 314 g/mol. The number of carboxylic acid groups (broad SMARTS) is 1. The molecule has 5 heteroatoms. The van der Waals surface area contributed by atoms with Crippen molar-refractivity contribution in [3.63, 3.8) is 0 Å². The molecule has 0 spiro atoms. The molecule has 1 heterocycles. The van der Waals surface area contributed by atoms with E-state index in [-0.39, 0.29) is 6.10 Å². The van der Waals surface area contributed by atoms with Gasteiger partial charge in [0.2, 0.25) is 0 Å². The molecule has 0 aliphatic carbocycles. The van der Waals surface area contributed by atoms with Crippen LogP contribution in [0.5, 0.6) is 5.75 Å². The SMILES string of the molecule is CC(C)Oc1cc(Br)c2sc(C(=O)O)cc2c1. The lowest BCUT2D eigenvalue weighted by Gasteiger charge is -2.10. The average Bonchev–Trinajstić information content (AvgIpc) is 2.60. The van der Waals surface area contributed by atoms with Gasteiger partial charge in [0.05, 0.1) is 6.10 Å². The summed E-state index contributed by atoms with van der Waals surface area (Å²) in [5.74, 6) is -0.154. The van der Waals surface area contributed by atoms with E-state index in [1.807, 2.05) is 26.0 Å². The molecule has 2 rings (SSSR count). The van der Waals surface area contributed by atoms with Crippen molar-refractivity contribution < 1.29 is 14.6 Å². The summed E-state index contributed by atoms with van der Waals surface area (Å²) >= 11 is 4.70. The van der Waals surface area contributed by atoms with Crippen LogP contribution in [0.2, 0.25) is 0 Å². The standard InChI is InChI=1S/C12H11BrO3S/c1-6(2)16-8-3-7-4-10(12(14)15)17-11(7)9(13)5-8/h3-6H,1-2H3,(H,14,15). The number of halogens is 1. The van der Waals surface area contributed by atoms with Gasteiger partial charge in [-0.05, 0) is 53.4 Å². The first-order valence-corrected chi connectivity index (χ1v) is 6.71. The Morgan fingerprint density at radius 2 is 2.12 bits per heavy atom. The van der Waals surface area contributed by atoms with E-state index in [0.29, 0.717) is 4.88 Å². The zero-order valence-corrected chi connectivity index (χ0v) is 11.8. The number of ether oxygens (including phenoxy) is 1. The summed E-state index contributed by atoms with van der Waals surface area (Å²) in [4.78, 5) is 11.2. The highest BCUT2D eigenvalue weighted by Gasteiger charge is 2.12. The van der Waals surface area contributed by atoms with Crippen LogP contribution < -0.4 is 4.74 Å². The van der Waals surface area contributed by atoms with Crippen molar-refractivity contribution in [2.24, 2.45) is 0 Å². The molecule has 0 saturated heterocycles. The maximum atomic E-state index is 10.9. The van der Waals surface area contributed by atoms with Gasteiger partial charge >= 0.3 is 5.97 Å². The number of benzene rings is 1. The summed E-state index contributed by atoms with van der Waals surface area (Å²) in [5.41, 5.74) is 0. The van der Waals surface area contributed by atoms with Crippen LogP contribution in [0.3, 0.4) is 0 Å². The topological polar surface area (TPSA) is 46.5 Å². The average molecular weight is 315 g/mol. The van der Waals surface area contributed by atoms with Crippen LogP contribution >= 0.6 is 27.3 Å². The number of thiophene rings is 1. The molecule has 0 aliphatic rings. The van der Waals surface area contributed by atoms with Gasteiger partial charge < -0.3 is 9.84 Å². The van der Waals surface area contributed by atoms with Gasteiger partial charge in [-0.1, -0.05) is 0 Å². The molecule has 0 atom stereocenters. The third kappa shape index (κ3) is 2.61. The van der Waals surface area contributed by atoms with Crippen molar-refractivity contribution in [1.82, 2.24) is 0 Å². The van der Waals surface area contributed by atoms with Gasteiger partial charge in [-0.25, -0.2) is 4.79 Å². The molecular weight excluding hydrogens is 304 g/mol. The summed E-state index contributed by atoms with van der Waals surface area (Å²) in [7, 11) is 0. The zero-order valence-electron chi connectivity index (χ0n) is 9.36. The van der Waals surface area contributed by atoms with Gasteiger partial charge in [-0.15, -0.1) is 11.3 Å². The Morgan fingerprint density at radius 1 is 1.41 bits per heavy atom. The van der Waals surface area contributed by atoms with Gasteiger partial charge in [0.15, 0.2) is 0 Å². The third-order valence-electron chi connectivity index (χ3n) is 2.13. The number of hydrogen-bond donors (Lipinski definition) is 1. The summed E-state index contributed by atoms with van der Waals surface area (Å²) in [5, 5.41) is 9.84. The fourth-order valence-electron chi connectivity index (χ4n) is 1.53. The Kier molecular flexibility index (Phi) is 3.40. The molecule has 90 valence electrons. The molecule has 3 nitrogen and oxygen atoms in total. The Labute approximate surface area is 111 Å². The summed E-state index contributed by atoms with van der Waals surface area (Å²) in [6.07, 6.45) is 0.0944. The van der Waals surface area contributed by atoms with Crippen LogP contribution in [-0.4, -0.2) is 17.2 Å². The van der Waals surface area contributed by atoms with E-state index in [9.17, 15) is 4.79 Å². The number of hydrogen-bond acceptors (Lipinski definition) is 3. The lowest BCUT2D eigenvalue weighted by molar-refractivity contribution is 0.0702. The van der Waals surface area contributed by atoms with Gasteiger partial charge in [0, 0.05) is 9.17 Å². The second kappa shape index (κ2) is 4.66. The van der Waals surface area contributed by atoms with Crippen LogP contribution in [0.4, 0.5) is 0 Å². The van der Waals surface area contributed by atoms with Gasteiger partial charge in [0.25, 0.3) is 0 Å². The predicted molar refractivity (Wildman–Crippen MR) is 72.2 cm³/mol. The number of fused-ring (bicyclic) bond motifs is 1. The molecule has 0 unspecified atom stereocenters. The van der Waals surface area contributed by atoms with E-state index < -0.39 is 5.97 Å². The van der Waals surface area contributed by atoms with E-state index in [1.165, 1.54) is 11.3 Å². The highest BCUT2D eigenvalue weighted by Crippen LogP contribution is 2.35. The minimum Gasteiger partial charge on any atom is -0.491 e. The van der Waals surface area contributed by atoms with Crippen molar-refractivity contribution in [2.75, 3.05) is 0 Å². The molecule has 17 heavy (non-hydrogen) atoms. The fourth-order valence-corrected chi connectivity index (χ4v) is 3.11. The minimum atomic E-state index is -0.899. The molecule has 0 amide bonds. The molecule has 0 saturated carbocycles. The quantitative estimate of drug-likeness (QED) is 0.925. The number of carbonyl (C=O) groups is 1. The first-order chi connectivity index (χ1) is 7.97.